The van der Waals surface area contributed by atoms with Gasteiger partial charge in [0.1, 0.15) is 12.2 Å². The highest BCUT2D eigenvalue weighted by Gasteiger charge is 2.49. The highest BCUT2D eigenvalue weighted by Crippen LogP contribution is 2.23. The maximum absolute atomic E-state index is 10.5. The second-order valence-corrected chi connectivity index (χ2v) is 4.30. The van der Waals surface area contributed by atoms with Crippen LogP contribution in [0.3, 0.4) is 0 Å². The fraction of sp³-hybridized carbons (Fsp3) is 0.833. The first-order valence-corrected chi connectivity index (χ1v) is 5.58. The average Bonchev–Trinajstić information content (AvgIpc) is 2.16. The van der Waals surface area contributed by atoms with Gasteiger partial charge in [-0.1, -0.05) is 0 Å². The van der Waals surface area contributed by atoms with E-state index in [1.165, 1.54) is 0 Å². The van der Waals surface area contributed by atoms with Crippen LogP contribution in [-0.2, 0) is 24.1 Å². The lowest BCUT2D eigenvalue weighted by Gasteiger charge is -2.37. The van der Waals surface area contributed by atoms with Crippen molar-refractivity contribution in [1.29, 1.82) is 0 Å². The molecular formula is C6H10O10S. The van der Waals surface area contributed by atoms with Crippen LogP contribution in [0.25, 0.3) is 0 Å². The molecule has 0 aromatic rings. The predicted molar refractivity (Wildman–Crippen MR) is 47.0 cm³/mol. The van der Waals surface area contributed by atoms with Crippen LogP contribution in [0.4, 0.5) is 0 Å². The number of hydrogen-bond donors (Lipinski definition) is 5. The Labute approximate surface area is 95.0 Å². The summed E-state index contributed by atoms with van der Waals surface area (Å²) in [4.78, 5) is 10.5. The molecule has 5 N–H and O–H groups in total. The zero-order valence-corrected chi connectivity index (χ0v) is 8.89. The minimum atomic E-state index is -5.01. The van der Waals surface area contributed by atoms with Gasteiger partial charge in [0.05, 0.1) is 0 Å². The molecule has 17 heavy (non-hydrogen) atoms. The second kappa shape index (κ2) is 4.81. The molecular weight excluding hydrogens is 264 g/mol. The number of aliphatic hydroxyl groups is 3. The molecule has 1 saturated heterocycles. The molecule has 100 valence electrons. The molecule has 0 aliphatic carbocycles. The quantitative estimate of drug-likeness (QED) is 0.328. The van der Waals surface area contributed by atoms with Gasteiger partial charge in [-0.3, -0.25) is 4.55 Å². The van der Waals surface area contributed by atoms with E-state index in [1.807, 2.05) is 0 Å². The number of carbonyl (C=O) groups is 1. The number of rotatable bonds is 3. The smallest absolute Gasteiger partial charge is 0.397 e. The lowest BCUT2D eigenvalue weighted by Crippen LogP contribution is -2.60. The molecule has 1 aliphatic rings. The normalized spacial score (nSPS) is 38.9. The van der Waals surface area contributed by atoms with Crippen LogP contribution in [0.2, 0.25) is 0 Å². The molecule has 5 atom stereocenters. The molecule has 1 heterocycles. The summed E-state index contributed by atoms with van der Waals surface area (Å²) < 4.78 is 37.3. The topological polar surface area (TPSA) is 171 Å². The minimum absolute atomic E-state index is 1.67. The summed E-state index contributed by atoms with van der Waals surface area (Å²) >= 11 is 0. The van der Waals surface area contributed by atoms with Crippen molar-refractivity contribution in [3.8, 4) is 0 Å². The fourth-order valence-electron chi connectivity index (χ4n) is 1.30. The minimum Gasteiger partial charge on any atom is -0.479 e. The van der Waals surface area contributed by atoms with E-state index in [1.54, 1.807) is 0 Å². The van der Waals surface area contributed by atoms with Gasteiger partial charge in [0.2, 0.25) is 0 Å². The van der Waals surface area contributed by atoms with Crippen molar-refractivity contribution in [2.45, 2.75) is 30.7 Å². The number of carboxylic acids is 1. The zero-order valence-electron chi connectivity index (χ0n) is 8.07. The third-order valence-electron chi connectivity index (χ3n) is 2.04. The number of hydrogen-bond acceptors (Lipinski definition) is 8. The Morgan fingerprint density at radius 1 is 1.18 bits per heavy atom. The standard InChI is InChI=1S/C6H10O10S/c7-1-2(8)4(16-17(12,13)14)6(11)15-3(1)5(9)10/h1-4,6-8,11H,(H,9,10)(H,12,13,14)/t1-,2-,3-,4+,6?/m0/s1. The molecule has 11 heteroatoms. The van der Waals surface area contributed by atoms with Crippen LogP contribution in [0.15, 0.2) is 0 Å². The molecule has 0 bridgehead atoms. The maximum Gasteiger partial charge on any atom is 0.397 e. The van der Waals surface area contributed by atoms with Gasteiger partial charge in [-0.2, -0.15) is 8.42 Å². The van der Waals surface area contributed by atoms with Gasteiger partial charge in [-0.05, 0) is 0 Å². The third-order valence-corrected chi connectivity index (χ3v) is 2.51. The van der Waals surface area contributed by atoms with E-state index in [2.05, 4.69) is 8.92 Å². The zero-order chi connectivity index (χ0) is 13.4. The molecule has 0 amide bonds. The number of carboxylic acid groups (broad SMARTS) is 1. The van der Waals surface area contributed by atoms with E-state index in [4.69, 9.17) is 9.66 Å². The molecule has 10 nitrogen and oxygen atoms in total. The van der Waals surface area contributed by atoms with Crippen LogP contribution < -0.4 is 0 Å². The van der Waals surface area contributed by atoms with Crippen molar-refractivity contribution in [1.82, 2.24) is 0 Å². The van der Waals surface area contributed by atoms with Crippen molar-refractivity contribution in [3.63, 3.8) is 0 Å². The first-order chi connectivity index (χ1) is 7.63. The molecule has 0 radical (unpaired) electrons. The molecule has 0 aromatic carbocycles. The van der Waals surface area contributed by atoms with E-state index in [-0.39, 0.29) is 0 Å². The largest absolute Gasteiger partial charge is 0.479 e. The van der Waals surface area contributed by atoms with Crippen LogP contribution in [0.5, 0.6) is 0 Å². The Balaban J connectivity index is 2.87. The molecule has 1 aliphatic heterocycles. The molecule has 1 unspecified atom stereocenters. The SMILES string of the molecule is O=C(O)[C@H]1OC(O)[C@H](OS(=O)(=O)O)[C@@H](O)[C@@H]1O. The second-order valence-electron chi connectivity index (χ2n) is 3.26. The van der Waals surface area contributed by atoms with Crippen molar-refractivity contribution in [3.05, 3.63) is 0 Å². The Bertz CT molecular complexity index is 390. The van der Waals surface area contributed by atoms with Crippen LogP contribution in [0.1, 0.15) is 0 Å². The fourth-order valence-corrected chi connectivity index (χ4v) is 1.79. The van der Waals surface area contributed by atoms with Gasteiger partial charge in [0.25, 0.3) is 0 Å². The maximum atomic E-state index is 10.5. The Kier molecular flexibility index (Phi) is 4.03. The first-order valence-electron chi connectivity index (χ1n) is 4.21. The first kappa shape index (κ1) is 14.2. The predicted octanol–water partition coefficient (Wildman–Crippen LogP) is -3.30. The van der Waals surface area contributed by atoms with Gasteiger partial charge < -0.3 is 25.2 Å². The lowest BCUT2D eigenvalue weighted by atomic mass is 9.99. The van der Waals surface area contributed by atoms with E-state index < -0.39 is 47.1 Å². The monoisotopic (exact) mass is 274 g/mol. The highest BCUT2D eigenvalue weighted by atomic mass is 32.3. The van der Waals surface area contributed by atoms with Crippen LogP contribution >= 0.6 is 0 Å². The Morgan fingerprint density at radius 3 is 2.12 bits per heavy atom. The summed E-state index contributed by atoms with van der Waals surface area (Å²) in [6.45, 7) is 0. The summed E-state index contributed by atoms with van der Waals surface area (Å²) in [5, 5.41) is 36.3. The van der Waals surface area contributed by atoms with Gasteiger partial charge in [0, 0.05) is 0 Å². The van der Waals surface area contributed by atoms with Gasteiger partial charge in [0.15, 0.2) is 18.5 Å². The summed E-state index contributed by atoms with van der Waals surface area (Å²) in [6.07, 6.45) is -10.2. The number of ether oxygens (including phenoxy) is 1. The Hall–Kier alpha value is -0.820. The Morgan fingerprint density at radius 2 is 1.71 bits per heavy atom. The third kappa shape index (κ3) is 3.32. The van der Waals surface area contributed by atoms with Crippen molar-refractivity contribution in [2.75, 3.05) is 0 Å². The van der Waals surface area contributed by atoms with Gasteiger partial charge in [-0.15, -0.1) is 0 Å². The summed E-state index contributed by atoms with van der Waals surface area (Å²) in [6, 6.07) is 0. The lowest BCUT2D eigenvalue weighted by molar-refractivity contribution is -0.274. The molecule has 0 aromatic heterocycles. The molecule has 1 fully saturated rings. The van der Waals surface area contributed by atoms with E-state index in [0.29, 0.717) is 0 Å². The van der Waals surface area contributed by atoms with E-state index >= 15 is 0 Å². The number of aliphatic carboxylic acids is 1. The van der Waals surface area contributed by atoms with E-state index in [0.717, 1.165) is 0 Å². The summed E-state index contributed by atoms with van der Waals surface area (Å²) in [7, 11) is -5.01. The number of aliphatic hydroxyl groups excluding tert-OH is 3. The van der Waals surface area contributed by atoms with Crippen LogP contribution in [0, 0.1) is 0 Å². The van der Waals surface area contributed by atoms with Crippen molar-refractivity contribution < 1.29 is 47.1 Å². The highest BCUT2D eigenvalue weighted by molar-refractivity contribution is 7.80. The molecule has 1 rings (SSSR count). The molecule has 0 saturated carbocycles. The average molecular weight is 274 g/mol. The molecule has 0 spiro atoms. The summed E-state index contributed by atoms with van der Waals surface area (Å²) in [5.41, 5.74) is 0. The van der Waals surface area contributed by atoms with Gasteiger partial charge in [-0.25, -0.2) is 8.98 Å². The van der Waals surface area contributed by atoms with Gasteiger partial charge >= 0.3 is 16.4 Å². The van der Waals surface area contributed by atoms with Crippen molar-refractivity contribution >= 4 is 16.4 Å². The summed E-state index contributed by atoms with van der Waals surface area (Å²) in [5.74, 6) is -1.67. The van der Waals surface area contributed by atoms with Crippen molar-refractivity contribution in [2.24, 2.45) is 0 Å². The van der Waals surface area contributed by atoms with Crippen LogP contribution in [-0.4, -0.2) is 70.1 Å². The van der Waals surface area contributed by atoms with E-state index in [9.17, 15) is 28.5 Å².